The van der Waals surface area contributed by atoms with Gasteiger partial charge in [-0.1, -0.05) is 55.8 Å². The van der Waals surface area contributed by atoms with Crippen molar-refractivity contribution in [2.24, 2.45) is 0 Å². The van der Waals surface area contributed by atoms with E-state index in [0.29, 0.717) is 19.0 Å². The summed E-state index contributed by atoms with van der Waals surface area (Å²) in [6.07, 6.45) is 4.77. The molecule has 1 heterocycles. The van der Waals surface area contributed by atoms with Crippen molar-refractivity contribution in [3.05, 3.63) is 69.2 Å². The number of aliphatic carboxylic acids is 1. The van der Waals surface area contributed by atoms with Crippen molar-refractivity contribution in [1.82, 2.24) is 4.90 Å². The Labute approximate surface area is 215 Å². The molecule has 3 atom stereocenters. The molecule has 0 spiro atoms. The number of halogens is 1. The highest BCUT2D eigenvalue weighted by molar-refractivity contribution is 6.31. The zero-order valence-electron chi connectivity index (χ0n) is 21.3. The number of likely N-dealkylation sites (tertiary alicyclic amines) is 1. The van der Waals surface area contributed by atoms with E-state index in [9.17, 15) is 9.90 Å². The standard InChI is InChI=1S/C29H40ClNO4/c1-4-22-16-21(11-13-27(22)30)17-23-9-7-15-31(23)18-24(32)19-35-28(5-2)26-10-6-8-20(3)25(26)12-14-29(33)34/h6,8,10-11,13,16,23-24,28,32H,4-5,7,9,12,14-15,17-19H2,1-3H3,(H,33,34)/t23-,24+,28+/m0/s1. The molecule has 0 aliphatic carbocycles. The highest BCUT2D eigenvalue weighted by atomic mass is 35.5. The van der Waals surface area contributed by atoms with Gasteiger partial charge in [0.25, 0.3) is 0 Å². The van der Waals surface area contributed by atoms with Gasteiger partial charge in [0.1, 0.15) is 0 Å². The number of hydrogen-bond donors (Lipinski definition) is 2. The van der Waals surface area contributed by atoms with Crippen molar-refractivity contribution in [3.63, 3.8) is 0 Å². The number of rotatable bonds is 13. The number of carboxylic acids is 1. The molecule has 0 bridgehead atoms. The Morgan fingerprint density at radius 2 is 2.06 bits per heavy atom. The Bertz CT molecular complexity index is 979. The minimum atomic E-state index is -0.798. The quantitative estimate of drug-likeness (QED) is 0.365. The van der Waals surface area contributed by atoms with Gasteiger partial charge in [-0.05, 0) is 85.9 Å². The number of carboxylic acid groups (broad SMARTS) is 1. The number of ether oxygens (including phenoxy) is 1. The zero-order valence-corrected chi connectivity index (χ0v) is 22.1. The SMILES string of the molecule is CCc1cc(C[C@@H]2CCCN2C[C@@H](O)CO[C@H](CC)c2cccc(C)c2CCC(=O)O)ccc1Cl. The van der Waals surface area contributed by atoms with Crippen LogP contribution in [0.2, 0.25) is 5.02 Å². The van der Waals surface area contributed by atoms with Crippen LogP contribution < -0.4 is 0 Å². The third kappa shape index (κ3) is 7.78. The Hall–Kier alpha value is -1.92. The highest BCUT2D eigenvalue weighted by Crippen LogP contribution is 2.29. The lowest BCUT2D eigenvalue weighted by Gasteiger charge is -2.28. The van der Waals surface area contributed by atoms with Gasteiger partial charge in [-0.15, -0.1) is 0 Å². The van der Waals surface area contributed by atoms with E-state index in [4.69, 9.17) is 21.4 Å². The molecule has 1 aliphatic heterocycles. The molecule has 6 heteroatoms. The van der Waals surface area contributed by atoms with Gasteiger partial charge in [0, 0.05) is 24.0 Å². The van der Waals surface area contributed by atoms with Crippen LogP contribution in [0.5, 0.6) is 0 Å². The lowest BCUT2D eigenvalue weighted by atomic mass is 9.93. The van der Waals surface area contributed by atoms with Crippen molar-refractivity contribution >= 4 is 17.6 Å². The summed E-state index contributed by atoms with van der Waals surface area (Å²) in [7, 11) is 0. The summed E-state index contributed by atoms with van der Waals surface area (Å²) in [4.78, 5) is 13.5. The normalized spacial score (nSPS) is 18.0. The number of aryl methyl sites for hydroxylation is 2. The Kier molecular flexibility index (Phi) is 10.6. The fourth-order valence-corrected chi connectivity index (χ4v) is 5.49. The molecular formula is C29H40ClNO4. The largest absolute Gasteiger partial charge is 0.481 e. The van der Waals surface area contributed by atoms with Gasteiger partial charge >= 0.3 is 5.97 Å². The van der Waals surface area contributed by atoms with Crippen molar-refractivity contribution in [2.45, 2.75) is 84.0 Å². The monoisotopic (exact) mass is 501 g/mol. The van der Waals surface area contributed by atoms with Crippen LogP contribution in [-0.4, -0.2) is 52.9 Å². The first-order chi connectivity index (χ1) is 16.8. The van der Waals surface area contributed by atoms with Gasteiger partial charge < -0.3 is 14.9 Å². The maximum Gasteiger partial charge on any atom is 0.303 e. The van der Waals surface area contributed by atoms with Gasteiger partial charge in [-0.2, -0.15) is 0 Å². The van der Waals surface area contributed by atoms with E-state index >= 15 is 0 Å². The number of hydrogen-bond acceptors (Lipinski definition) is 4. The summed E-state index contributed by atoms with van der Waals surface area (Å²) in [5.74, 6) is -0.798. The van der Waals surface area contributed by atoms with Crippen molar-refractivity contribution < 1.29 is 19.7 Å². The molecule has 2 N–H and O–H groups in total. The predicted octanol–water partition coefficient (Wildman–Crippen LogP) is 5.76. The summed E-state index contributed by atoms with van der Waals surface area (Å²) in [6, 6.07) is 12.8. The third-order valence-corrected chi connectivity index (χ3v) is 7.52. The van der Waals surface area contributed by atoms with Crippen LogP contribution in [0.4, 0.5) is 0 Å². The van der Waals surface area contributed by atoms with Crippen molar-refractivity contribution in [1.29, 1.82) is 0 Å². The Morgan fingerprint density at radius 3 is 2.77 bits per heavy atom. The van der Waals surface area contributed by atoms with E-state index in [1.54, 1.807) is 0 Å². The average molecular weight is 502 g/mol. The van der Waals surface area contributed by atoms with E-state index in [-0.39, 0.29) is 19.1 Å². The second-order valence-corrected chi connectivity index (χ2v) is 10.1. The number of aliphatic hydroxyl groups is 1. The first kappa shape index (κ1) is 27.7. The number of β-amino-alcohol motifs (C(OH)–C–C–N with tert-alkyl or cyclic N) is 1. The molecule has 1 saturated heterocycles. The number of benzene rings is 2. The molecule has 192 valence electrons. The second-order valence-electron chi connectivity index (χ2n) is 9.69. The smallest absolute Gasteiger partial charge is 0.303 e. The molecule has 0 unspecified atom stereocenters. The van der Waals surface area contributed by atoms with Crippen molar-refractivity contribution in [2.75, 3.05) is 19.7 Å². The lowest BCUT2D eigenvalue weighted by Crippen LogP contribution is -2.39. The van der Waals surface area contributed by atoms with Crippen LogP contribution in [0.3, 0.4) is 0 Å². The fraction of sp³-hybridized carbons (Fsp3) is 0.552. The Morgan fingerprint density at radius 1 is 1.26 bits per heavy atom. The van der Waals surface area contributed by atoms with Crippen LogP contribution in [-0.2, 0) is 28.8 Å². The molecule has 5 nitrogen and oxygen atoms in total. The van der Waals surface area contributed by atoms with Crippen LogP contribution in [0.25, 0.3) is 0 Å². The summed E-state index contributed by atoms with van der Waals surface area (Å²) >= 11 is 6.29. The number of nitrogens with zero attached hydrogens (tertiary/aromatic N) is 1. The topological polar surface area (TPSA) is 70.0 Å². The van der Waals surface area contributed by atoms with Gasteiger partial charge in [0.15, 0.2) is 0 Å². The third-order valence-electron chi connectivity index (χ3n) is 7.15. The zero-order chi connectivity index (χ0) is 25.4. The lowest BCUT2D eigenvalue weighted by molar-refractivity contribution is -0.136. The summed E-state index contributed by atoms with van der Waals surface area (Å²) < 4.78 is 6.21. The molecule has 1 fully saturated rings. The van der Waals surface area contributed by atoms with E-state index < -0.39 is 12.1 Å². The van der Waals surface area contributed by atoms with Gasteiger partial charge in [0.2, 0.25) is 0 Å². The second kappa shape index (κ2) is 13.4. The van der Waals surface area contributed by atoms with Crippen LogP contribution >= 0.6 is 11.6 Å². The Balaban J connectivity index is 1.58. The first-order valence-corrected chi connectivity index (χ1v) is 13.3. The number of aliphatic hydroxyl groups excluding tert-OH is 1. The van der Waals surface area contributed by atoms with Crippen LogP contribution in [0.1, 0.15) is 73.5 Å². The molecule has 35 heavy (non-hydrogen) atoms. The molecule has 2 aromatic carbocycles. The van der Waals surface area contributed by atoms with Gasteiger partial charge in [0.05, 0.1) is 18.8 Å². The molecule has 0 amide bonds. The summed E-state index contributed by atoms with van der Waals surface area (Å²) in [6.45, 7) is 8.04. The van der Waals surface area contributed by atoms with Crippen LogP contribution in [0.15, 0.2) is 36.4 Å². The van der Waals surface area contributed by atoms with E-state index in [1.165, 1.54) is 11.1 Å². The molecular weight excluding hydrogens is 462 g/mol. The summed E-state index contributed by atoms with van der Waals surface area (Å²) in [5.41, 5.74) is 5.65. The molecule has 0 saturated carbocycles. The fourth-order valence-electron chi connectivity index (χ4n) is 5.24. The molecule has 0 aromatic heterocycles. The number of carbonyl (C=O) groups is 1. The van der Waals surface area contributed by atoms with Crippen molar-refractivity contribution in [3.8, 4) is 0 Å². The van der Waals surface area contributed by atoms with E-state index in [2.05, 4.69) is 30.9 Å². The maximum atomic E-state index is 11.1. The predicted molar refractivity (Wildman–Crippen MR) is 141 cm³/mol. The van der Waals surface area contributed by atoms with E-state index in [1.807, 2.05) is 31.2 Å². The average Bonchev–Trinajstić information content (AvgIpc) is 3.26. The highest BCUT2D eigenvalue weighted by Gasteiger charge is 2.27. The molecule has 1 aliphatic rings. The molecule has 3 rings (SSSR count). The maximum absolute atomic E-state index is 11.1. The van der Waals surface area contributed by atoms with Crippen LogP contribution in [0, 0.1) is 6.92 Å². The first-order valence-electron chi connectivity index (χ1n) is 12.9. The minimum absolute atomic E-state index is 0.0978. The van der Waals surface area contributed by atoms with Gasteiger partial charge in [-0.25, -0.2) is 0 Å². The van der Waals surface area contributed by atoms with E-state index in [0.717, 1.165) is 60.4 Å². The molecule has 2 aromatic rings. The summed E-state index contributed by atoms with van der Waals surface area (Å²) in [5, 5.41) is 20.8. The molecule has 0 radical (unpaired) electrons. The van der Waals surface area contributed by atoms with Gasteiger partial charge in [-0.3, -0.25) is 9.69 Å². The minimum Gasteiger partial charge on any atom is -0.481 e.